The zero-order valence-corrected chi connectivity index (χ0v) is 20.3. The summed E-state index contributed by atoms with van der Waals surface area (Å²) in [7, 11) is -4.42. The minimum absolute atomic E-state index is 0.0693. The molecular weight excluding hydrogens is 502 g/mol. The van der Waals surface area contributed by atoms with Crippen LogP contribution in [0.2, 0.25) is 0 Å². The molecule has 0 bridgehead atoms. The predicted octanol–water partition coefficient (Wildman–Crippen LogP) is 0.906. The first-order valence-electron chi connectivity index (χ1n) is 10.8. The van der Waals surface area contributed by atoms with Gasteiger partial charge in [0.25, 0.3) is 5.56 Å². The normalized spacial score (nSPS) is 26.1. The number of esters is 1. The van der Waals surface area contributed by atoms with Gasteiger partial charge in [0.2, 0.25) is 5.72 Å². The summed E-state index contributed by atoms with van der Waals surface area (Å²) in [5, 5.41) is 12.9. The molecule has 1 aromatic heterocycles. The van der Waals surface area contributed by atoms with Gasteiger partial charge in [0, 0.05) is 12.3 Å². The molecular formula is C21H26FN4O9P. The second kappa shape index (κ2) is 11.3. The number of carbonyl (C=O) groups is 1. The second-order valence-electron chi connectivity index (χ2n) is 7.70. The number of carbonyl (C=O) groups excluding carboxylic acids is 1. The van der Waals surface area contributed by atoms with E-state index in [0.717, 1.165) is 16.8 Å². The number of alkyl halides is 1. The Kier molecular flexibility index (Phi) is 8.59. The minimum atomic E-state index is -4.42. The van der Waals surface area contributed by atoms with Crippen molar-refractivity contribution in [3.8, 4) is 5.75 Å². The fraction of sp³-hybridized carbons (Fsp3) is 0.429. The van der Waals surface area contributed by atoms with Gasteiger partial charge in [-0.3, -0.25) is 28.7 Å². The summed E-state index contributed by atoms with van der Waals surface area (Å²) in [6, 6.07) is 7.65. The minimum Gasteiger partial charge on any atom is -0.465 e. The summed E-state index contributed by atoms with van der Waals surface area (Å²) >= 11 is 0. The van der Waals surface area contributed by atoms with E-state index in [-0.39, 0.29) is 12.4 Å². The van der Waals surface area contributed by atoms with Gasteiger partial charge >= 0.3 is 19.4 Å². The van der Waals surface area contributed by atoms with Crippen molar-refractivity contribution in [1.29, 1.82) is 0 Å². The molecule has 1 saturated heterocycles. The molecule has 36 heavy (non-hydrogen) atoms. The Bertz CT molecular complexity index is 1240. The van der Waals surface area contributed by atoms with E-state index in [0.29, 0.717) is 0 Å². The van der Waals surface area contributed by atoms with Crippen molar-refractivity contribution in [1.82, 2.24) is 14.6 Å². The van der Waals surface area contributed by atoms with Crippen LogP contribution in [0, 0.1) is 0 Å². The van der Waals surface area contributed by atoms with Gasteiger partial charge in [0.15, 0.2) is 12.4 Å². The number of aliphatic hydroxyl groups is 1. The molecule has 2 aromatic rings. The van der Waals surface area contributed by atoms with Gasteiger partial charge in [-0.2, -0.15) is 5.09 Å². The van der Waals surface area contributed by atoms with Crippen molar-refractivity contribution < 1.29 is 37.4 Å². The molecule has 1 aliphatic rings. The molecule has 0 amide bonds. The van der Waals surface area contributed by atoms with Crippen LogP contribution in [0.25, 0.3) is 0 Å². The molecule has 196 valence electrons. The Labute approximate surface area is 204 Å². The largest absolute Gasteiger partial charge is 0.465 e. The van der Waals surface area contributed by atoms with E-state index in [2.05, 4.69) is 16.8 Å². The number of aromatic nitrogens is 2. The van der Waals surface area contributed by atoms with Crippen LogP contribution in [-0.4, -0.2) is 64.6 Å². The zero-order chi connectivity index (χ0) is 26.5. The van der Waals surface area contributed by atoms with E-state index in [1.165, 1.54) is 19.1 Å². The number of hydrogen-bond acceptors (Lipinski definition) is 10. The van der Waals surface area contributed by atoms with Crippen molar-refractivity contribution >= 4 is 20.4 Å². The molecule has 3 rings (SSSR count). The lowest BCUT2D eigenvalue weighted by molar-refractivity contribution is -0.144. The molecule has 0 radical (unpaired) electrons. The number of para-hydroxylation sites is 1. The van der Waals surface area contributed by atoms with Gasteiger partial charge in [-0.25, -0.2) is 13.8 Å². The molecule has 1 unspecified atom stereocenters. The molecule has 2 heterocycles. The summed E-state index contributed by atoms with van der Waals surface area (Å²) in [6.45, 7) is 5.40. The highest BCUT2D eigenvalue weighted by atomic mass is 31.2. The Balaban J connectivity index is 1.87. The smallest absolute Gasteiger partial charge is 0.459 e. The number of aliphatic imine (C=N–C) groups is 1. The van der Waals surface area contributed by atoms with Gasteiger partial charge < -0.3 is 19.1 Å². The van der Waals surface area contributed by atoms with Gasteiger partial charge in [-0.15, -0.1) is 0 Å². The van der Waals surface area contributed by atoms with Crippen LogP contribution >= 0.6 is 7.75 Å². The third kappa shape index (κ3) is 5.97. The first-order valence-corrected chi connectivity index (χ1v) is 12.3. The van der Waals surface area contributed by atoms with Crippen LogP contribution in [-0.2, 0) is 23.4 Å². The highest BCUT2D eigenvalue weighted by Crippen LogP contribution is 2.48. The molecule has 0 aliphatic carbocycles. The number of halogens is 1. The zero-order valence-electron chi connectivity index (χ0n) is 19.4. The van der Waals surface area contributed by atoms with E-state index < -0.39 is 61.8 Å². The summed E-state index contributed by atoms with van der Waals surface area (Å²) in [4.78, 5) is 41.1. The summed E-state index contributed by atoms with van der Waals surface area (Å²) in [5.41, 5.74) is -4.01. The molecule has 1 aliphatic heterocycles. The van der Waals surface area contributed by atoms with Crippen molar-refractivity contribution in [2.24, 2.45) is 4.99 Å². The van der Waals surface area contributed by atoms with E-state index in [1.807, 2.05) is 4.98 Å². The second-order valence-corrected chi connectivity index (χ2v) is 9.39. The number of rotatable bonds is 11. The lowest BCUT2D eigenvalue weighted by atomic mass is 10.1. The third-order valence-corrected chi connectivity index (χ3v) is 6.77. The van der Waals surface area contributed by atoms with E-state index >= 15 is 4.39 Å². The average Bonchev–Trinajstić information content (AvgIpc) is 3.09. The first kappa shape index (κ1) is 27.4. The number of aromatic amines is 1. The number of hydrogen-bond donors (Lipinski definition) is 3. The van der Waals surface area contributed by atoms with Gasteiger partial charge in [0.1, 0.15) is 24.5 Å². The Hall–Kier alpha value is -3.16. The van der Waals surface area contributed by atoms with E-state index in [4.69, 9.17) is 18.5 Å². The van der Waals surface area contributed by atoms with E-state index in [1.54, 1.807) is 25.1 Å². The Morgan fingerprint density at radius 2 is 2.08 bits per heavy atom. The monoisotopic (exact) mass is 528 g/mol. The van der Waals surface area contributed by atoms with Crippen molar-refractivity contribution in [3.63, 3.8) is 0 Å². The highest BCUT2D eigenvalue weighted by molar-refractivity contribution is 7.52. The topological polar surface area (TPSA) is 171 Å². The standard InChI is InChI=1S/C21H26FN4O9P/c1-4-32-19(29)13(2)25-36(31,35-14-8-6-5-7-9-14)33-12-21(23-3)17(22)16(28)18(34-21)26-11-10-15(27)24-20(26)30/h5-11,13,16-18,28H,3-4,12H2,1-2H3,(H,25,31)(H,24,27,30)/t13-,16+,17-,18+,21+,36?/m0/s1. The number of H-pyrrole nitrogens is 1. The van der Waals surface area contributed by atoms with Crippen LogP contribution in [0.5, 0.6) is 5.75 Å². The fourth-order valence-electron chi connectivity index (χ4n) is 3.33. The van der Waals surface area contributed by atoms with Crippen LogP contribution in [0.1, 0.15) is 20.1 Å². The van der Waals surface area contributed by atoms with Crippen LogP contribution < -0.4 is 20.9 Å². The van der Waals surface area contributed by atoms with Crippen molar-refractivity contribution in [2.75, 3.05) is 13.2 Å². The molecule has 13 nitrogen and oxygen atoms in total. The SMILES string of the molecule is C=N[C@]1(COP(=O)(N[C@@H](C)C(=O)OCC)Oc2ccccc2)O[C@@H](n2ccc(=O)[nH]c2=O)[C@H](O)[C@@H]1F. The van der Waals surface area contributed by atoms with Crippen LogP contribution in [0.15, 0.2) is 57.2 Å². The maximum Gasteiger partial charge on any atom is 0.459 e. The Morgan fingerprint density at radius 1 is 1.39 bits per heavy atom. The molecule has 0 saturated carbocycles. The Morgan fingerprint density at radius 3 is 2.69 bits per heavy atom. The number of nitrogens with one attached hydrogen (secondary N) is 2. The summed E-state index contributed by atoms with van der Waals surface area (Å²) < 4.78 is 50.9. The number of benzene rings is 1. The fourth-order valence-corrected chi connectivity index (χ4v) is 4.85. The number of nitrogens with zero attached hydrogens (tertiary/aromatic N) is 2. The predicted molar refractivity (Wildman–Crippen MR) is 124 cm³/mol. The molecule has 1 aromatic carbocycles. The van der Waals surface area contributed by atoms with Crippen LogP contribution in [0.3, 0.4) is 0 Å². The molecule has 0 spiro atoms. The highest BCUT2D eigenvalue weighted by Gasteiger charge is 2.57. The molecule has 6 atom stereocenters. The maximum atomic E-state index is 15.3. The van der Waals surface area contributed by atoms with E-state index in [9.17, 15) is 24.1 Å². The maximum absolute atomic E-state index is 15.3. The summed E-state index contributed by atoms with van der Waals surface area (Å²) in [6.07, 6.45) is -4.86. The third-order valence-electron chi connectivity index (χ3n) is 5.14. The first-order chi connectivity index (χ1) is 17.0. The molecule has 3 N–H and O–H groups in total. The molecule has 1 fully saturated rings. The van der Waals surface area contributed by atoms with Crippen LogP contribution in [0.4, 0.5) is 4.39 Å². The van der Waals surface area contributed by atoms with Gasteiger partial charge in [0.05, 0.1) is 6.61 Å². The number of aliphatic hydroxyl groups excluding tert-OH is 1. The van der Waals surface area contributed by atoms with Gasteiger partial charge in [-0.1, -0.05) is 18.2 Å². The quantitative estimate of drug-likeness (QED) is 0.216. The number of ether oxygens (including phenoxy) is 2. The molecule has 15 heteroatoms. The van der Waals surface area contributed by atoms with Crippen molar-refractivity contribution in [2.45, 2.75) is 44.1 Å². The summed E-state index contributed by atoms with van der Waals surface area (Å²) in [5.74, 6) is -0.644. The van der Waals surface area contributed by atoms with Crippen molar-refractivity contribution in [3.05, 3.63) is 63.4 Å². The average molecular weight is 528 g/mol. The lowest BCUT2D eigenvalue weighted by Gasteiger charge is -2.29. The van der Waals surface area contributed by atoms with Gasteiger partial charge in [-0.05, 0) is 32.7 Å². The lowest BCUT2D eigenvalue weighted by Crippen LogP contribution is -2.43.